The third-order valence-electron chi connectivity index (χ3n) is 4.56. The second-order valence-electron chi connectivity index (χ2n) is 7.74. The summed E-state index contributed by atoms with van der Waals surface area (Å²) in [6.45, 7) is 5.19. The van der Waals surface area contributed by atoms with E-state index in [4.69, 9.17) is 28.1 Å². The first-order chi connectivity index (χ1) is 16.7. The Morgan fingerprint density at radius 1 is 0.806 bits per heavy atom. The van der Waals surface area contributed by atoms with Crippen LogP contribution in [0.3, 0.4) is 0 Å². The summed E-state index contributed by atoms with van der Waals surface area (Å²) in [4.78, 5) is 70.1. The molecule has 0 spiro atoms. The maximum Gasteiger partial charge on any atom is 0.303 e. The van der Waals surface area contributed by atoms with E-state index in [1.54, 1.807) is 6.92 Å². The topological polar surface area (TPSA) is 188 Å². The highest BCUT2D eigenvalue weighted by Crippen LogP contribution is 2.31. The van der Waals surface area contributed by atoms with Gasteiger partial charge in [0.15, 0.2) is 24.4 Å². The molecule has 0 N–H and O–H groups in total. The van der Waals surface area contributed by atoms with E-state index < -0.39 is 78.3 Å². The second-order valence-corrected chi connectivity index (χ2v) is 7.74. The summed E-state index contributed by atoms with van der Waals surface area (Å²) in [5.74, 6) is -5.39. The van der Waals surface area contributed by atoms with E-state index in [2.05, 4.69) is 0 Å². The van der Waals surface area contributed by atoms with Crippen molar-refractivity contribution in [2.75, 3.05) is 13.2 Å². The molecule has 5 atom stereocenters. The number of carbonyl (C=O) groups is 5. The minimum absolute atomic E-state index is 0.0122. The second kappa shape index (κ2) is 13.8. The van der Waals surface area contributed by atoms with E-state index in [9.17, 15) is 34.1 Å². The number of furan rings is 1. The molecule has 0 aromatic carbocycles. The number of esters is 5. The molecule has 36 heavy (non-hydrogen) atoms. The molecule has 0 radical (unpaired) electrons. The SMILES string of the molecule is CC(=O)OC[C@H](OC(C)=O)[C@H](OC(C)=O)[C@@H](OC(C)=O)[C@@H](OC(C)=O)[C@H](C[N+](=O)[O-])c1ccc(C)o1. The average molecular weight is 515 g/mol. The fraction of sp³-hybridized carbons (Fsp3) is 0.591. The minimum atomic E-state index is -1.76. The molecule has 1 aromatic heterocycles. The van der Waals surface area contributed by atoms with Gasteiger partial charge in [-0.25, -0.2) is 0 Å². The van der Waals surface area contributed by atoms with Crippen LogP contribution in [0.25, 0.3) is 0 Å². The molecule has 0 fully saturated rings. The van der Waals surface area contributed by atoms with Crippen LogP contribution in [-0.2, 0) is 47.7 Å². The summed E-state index contributed by atoms with van der Waals surface area (Å²) in [5.41, 5.74) is 0. The number of nitro groups is 1. The third kappa shape index (κ3) is 10.1. The zero-order valence-electron chi connectivity index (χ0n) is 20.7. The maximum atomic E-state index is 12.1. The summed E-state index contributed by atoms with van der Waals surface area (Å²) in [7, 11) is 0. The molecule has 0 aliphatic rings. The van der Waals surface area contributed by atoms with Gasteiger partial charge in [0.25, 0.3) is 0 Å². The zero-order valence-corrected chi connectivity index (χ0v) is 20.7. The first kappa shape index (κ1) is 30.1. The summed E-state index contributed by atoms with van der Waals surface area (Å²) in [5, 5.41) is 11.5. The Balaban J connectivity index is 3.76. The molecule has 0 saturated heterocycles. The fourth-order valence-electron chi connectivity index (χ4n) is 3.41. The number of ether oxygens (including phenoxy) is 5. The van der Waals surface area contributed by atoms with Gasteiger partial charge in [-0.3, -0.25) is 34.1 Å². The van der Waals surface area contributed by atoms with E-state index in [1.807, 2.05) is 0 Å². The monoisotopic (exact) mass is 515 g/mol. The molecule has 1 heterocycles. The maximum absolute atomic E-state index is 12.1. The Morgan fingerprint density at radius 2 is 1.31 bits per heavy atom. The Labute approximate surface area is 206 Å². The number of rotatable bonds is 13. The molecule has 0 aliphatic carbocycles. The largest absolute Gasteiger partial charge is 0.466 e. The van der Waals surface area contributed by atoms with Gasteiger partial charge in [0.2, 0.25) is 6.54 Å². The fourth-order valence-corrected chi connectivity index (χ4v) is 3.41. The highest BCUT2D eigenvalue weighted by atomic mass is 16.6. The zero-order chi connectivity index (χ0) is 27.6. The Kier molecular flexibility index (Phi) is 11.5. The highest BCUT2D eigenvalue weighted by molar-refractivity contribution is 5.69. The lowest BCUT2D eigenvalue weighted by atomic mass is 9.90. The third-order valence-corrected chi connectivity index (χ3v) is 4.56. The Hall–Kier alpha value is -3.97. The van der Waals surface area contributed by atoms with Crippen molar-refractivity contribution in [2.45, 2.75) is 71.9 Å². The van der Waals surface area contributed by atoms with Gasteiger partial charge in [0, 0.05) is 39.5 Å². The van der Waals surface area contributed by atoms with E-state index in [0.717, 1.165) is 34.6 Å². The number of carbonyl (C=O) groups excluding carboxylic acids is 5. The van der Waals surface area contributed by atoms with Gasteiger partial charge in [-0.1, -0.05) is 0 Å². The van der Waals surface area contributed by atoms with Crippen LogP contribution < -0.4 is 0 Å². The van der Waals surface area contributed by atoms with Gasteiger partial charge in [-0.05, 0) is 19.1 Å². The molecule has 0 amide bonds. The van der Waals surface area contributed by atoms with Crippen LogP contribution in [0, 0.1) is 17.0 Å². The number of hydrogen-bond acceptors (Lipinski definition) is 13. The van der Waals surface area contributed by atoms with Crippen LogP contribution in [0.5, 0.6) is 0 Å². The van der Waals surface area contributed by atoms with Gasteiger partial charge in [-0.2, -0.15) is 0 Å². The van der Waals surface area contributed by atoms with E-state index in [1.165, 1.54) is 12.1 Å². The van der Waals surface area contributed by atoms with Gasteiger partial charge in [-0.15, -0.1) is 0 Å². The van der Waals surface area contributed by atoms with Gasteiger partial charge >= 0.3 is 29.8 Å². The molecule has 0 bridgehead atoms. The van der Waals surface area contributed by atoms with Gasteiger partial charge < -0.3 is 28.1 Å². The highest BCUT2D eigenvalue weighted by Gasteiger charge is 2.49. The van der Waals surface area contributed by atoms with Crippen molar-refractivity contribution in [3.8, 4) is 0 Å². The molecule has 14 heteroatoms. The normalized spacial score (nSPS) is 14.8. The van der Waals surface area contributed by atoms with Gasteiger partial charge in [0.1, 0.15) is 24.0 Å². The summed E-state index contributed by atoms with van der Waals surface area (Å²) in [6.07, 6.45) is -6.69. The summed E-state index contributed by atoms with van der Waals surface area (Å²) >= 11 is 0. The van der Waals surface area contributed by atoms with Crippen molar-refractivity contribution in [3.05, 3.63) is 33.8 Å². The van der Waals surface area contributed by atoms with Crippen LogP contribution >= 0.6 is 0 Å². The first-order valence-corrected chi connectivity index (χ1v) is 10.7. The van der Waals surface area contributed by atoms with Crippen molar-refractivity contribution in [3.63, 3.8) is 0 Å². The van der Waals surface area contributed by atoms with Crippen molar-refractivity contribution in [1.82, 2.24) is 0 Å². The number of aryl methyl sites for hydroxylation is 1. The molecule has 0 unspecified atom stereocenters. The molecule has 200 valence electrons. The van der Waals surface area contributed by atoms with Crippen molar-refractivity contribution in [1.29, 1.82) is 0 Å². The first-order valence-electron chi connectivity index (χ1n) is 10.7. The molecule has 0 saturated carbocycles. The van der Waals surface area contributed by atoms with E-state index in [0.29, 0.717) is 5.76 Å². The Bertz CT molecular complexity index is 969. The Morgan fingerprint density at radius 3 is 1.72 bits per heavy atom. The number of hydrogen-bond donors (Lipinski definition) is 0. The van der Waals surface area contributed by atoms with Crippen molar-refractivity contribution in [2.24, 2.45) is 0 Å². The predicted molar refractivity (Wildman–Crippen MR) is 117 cm³/mol. The van der Waals surface area contributed by atoms with Crippen LogP contribution in [0.1, 0.15) is 52.1 Å². The molecule has 1 aromatic rings. The van der Waals surface area contributed by atoms with Gasteiger partial charge in [0.05, 0.1) is 0 Å². The standard InChI is InChI=1S/C22H29NO13/c1-11-7-8-18(32-11)17(9-23(29)30)20(34-14(4)26)22(36-16(6)28)21(35-15(5)27)19(33-13(3)25)10-31-12(2)24/h7-8,17,19-22H,9-10H2,1-6H3/t17-,19+,20+,21+,22+/m1/s1. The minimum Gasteiger partial charge on any atom is -0.466 e. The van der Waals surface area contributed by atoms with E-state index in [-0.39, 0.29) is 5.76 Å². The van der Waals surface area contributed by atoms with Crippen LogP contribution in [0.4, 0.5) is 0 Å². The number of nitrogens with zero attached hydrogens (tertiary/aromatic N) is 1. The molecule has 1 rings (SSSR count). The molecular weight excluding hydrogens is 486 g/mol. The van der Waals surface area contributed by atoms with Crippen LogP contribution in [0.2, 0.25) is 0 Å². The lowest BCUT2D eigenvalue weighted by molar-refractivity contribution is -0.486. The molecule has 0 aliphatic heterocycles. The molecule has 14 nitrogen and oxygen atoms in total. The smallest absolute Gasteiger partial charge is 0.303 e. The average Bonchev–Trinajstić information content (AvgIpc) is 3.15. The quantitative estimate of drug-likeness (QED) is 0.158. The molecular formula is C22H29NO13. The summed E-state index contributed by atoms with van der Waals surface area (Å²) < 4.78 is 31.6. The predicted octanol–water partition coefficient (Wildman–Crippen LogP) is 1.24. The van der Waals surface area contributed by atoms with Crippen molar-refractivity contribution >= 4 is 29.8 Å². The van der Waals surface area contributed by atoms with Crippen LogP contribution in [0.15, 0.2) is 16.5 Å². The lowest BCUT2D eigenvalue weighted by Crippen LogP contribution is -2.55. The van der Waals surface area contributed by atoms with Crippen molar-refractivity contribution < 1.29 is 57.0 Å². The van der Waals surface area contributed by atoms with Crippen LogP contribution in [-0.4, -0.2) is 72.3 Å². The van der Waals surface area contributed by atoms with E-state index >= 15 is 0 Å². The summed E-state index contributed by atoms with van der Waals surface area (Å²) in [6, 6.07) is 2.92. The lowest BCUT2D eigenvalue weighted by Gasteiger charge is -2.37.